The number of ether oxygens (including phenoxy) is 1. The monoisotopic (exact) mass is 760 g/mol. The van der Waals surface area contributed by atoms with Crippen LogP contribution in [0.2, 0.25) is 0 Å². The van der Waals surface area contributed by atoms with Gasteiger partial charge in [-0.15, -0.1) is 0 Å². The highest BCUT2D eigenvalue weighted by molar-refractivity contribution is 5.70. The molecule has 1 N–H and O–H groups in total. The Morgan fingerprint density at radius 1 is 0.755 bits per heavy atom. The van der Waals surface area contributed by atoms with Crippen LogP contribution in [0.5, 0.6) is 0 Å². The average molecular weight is 761 g/mol. The van der Waals surface area contributed by atoms with Gasteiger partial charge in [-0.3, -0.25) is 4.79 Å². The van der Waals surface area contributed by atoms with Crippen LogP contribution in [0.4, 0.5) is 57.0 Å². The Morgan fingerprint density at radius 2 is 1.36 bits per heavy atom. The van der Waals surface area contributed by atoms with E-state index in [0.717, 1.165) is 6.07 Å². The van der Waals surface area contributed by atoms with Gasteiger partial charge in [0.05, 0.1) is 53.9 Å². The molecular weight excluding hydrogens is 723 g/mol. The fourth-order valence-electron chi connectivity index (χ4n) is 7.53. The van der Waals surface area contributed by atoms with Crippen LogP contribution in [-0.2, 0) is 41.1 Å². The Bertz CT molecular complexity index is 1710. The number of carbonyl (C=O) groups is 1. The number of pyridine rings is 1. The summed E-state index contributed by atoms with van der Waals surface area (Å²) in [5, 5.41) is 9.48. The van der Waals surface area contributed by atoms with E-state index in [0.29, 0.717) is 95.4 Å². The van der Waals surface area contributed by atoms with Gasteiger partial charge in [0.15, 0.2) is 0 Å². The Kier molecular flexibility index (Phi) is 11.0. The van der Waals surface area contributed by atoms with Gasteiger partial charge in [-0.05, 0) is 74.3 Å². The summed E-state index contributed by atoms with van der Waals surface area (Å²) in [6.07, 6.45) is -8.00. The molecule has 4 heterocycles. The summed E-state index contributed by atoms with van der Waals surface area (Å²) >= 11 is 0. The van der Waals surface area contributed by atoms with E-state index in [-0.39, 0.29) is 35.4 Å². The maximum absolute atomic E-state index is 14.1. The largest absolute Gasteiger partial charge is 0.481 e. The molecule has 1 atom stereocenters. The van der Waals surface area contributed by atoms with Crippen molar-refractivity contribution in [3.8, 4) is 0 Å². The van der Waals surface area contributed by atoms with Crippen molar-refractivity contribution in [2.24, 2.45) is 11.8 Å². The second-order valence-corrected chi connectivity index (χ2v) is 13.7. The summed E-state index contributed by atoms with van der Waals surface area (Å²) in [7, 11) is 0. The topological polar surface area (TPSA) is 94.9 Å². The van der Waals surface area contributed by atoms with E-state index in [1.54, 1.807) is 0 Å². The molecule has 1 saturated carbocycles. The number of alkyl halides is 9. The highest BCUT2D eigenvalue weighted by Gasteiger charge is 2.40. The molecular formula is C35H37F9N6O3. The van der Waals surface area contributed by atoms with E-state index < -0.39 is 65.8 Å². The summed E-state index contributed by atoms with van der Waals surface area (Å²) in [5.41, 5.74) is -3.97. The van der Waals surface area contributed by atoms with Crippen LogP contribution < -0.4 is 14.7 Å². The van der Waals surface area contributed by atoms with E-state index in [9.17, 15) is 49.4 Å². The number of anilines is 3. The molecule has 1 aliphatic carbocycles. The van der Waals surface area contributed by atoms with E-state index >= 15 is 0 Å². The molecule has 2 aromatic heterocycles. The van der Waals surface area contributed by atoms with Gasteiger partial charge < -0.3 is 24.5 Å². The predicted molar refractivity (Wildman–Crippen MR) is 174 cm³/mol. The van der Waals surface area contributed by atoms with Crippen LogP contribution in [0.25, 0.3) is 0 Å². The predicted octanol–water partition coefficient (Wildman–Crippen LogP) is 7.83. The van der Waals surface area contributed by atoms with Crippen LogP contribution in [0.1, 0.15) is 66.3 Å². The lowest BCUT2D eigenvalue weighted by atomic mass is 9.78. The first-order valence-electron chi connectivity index (χ1n) is 17.2. The zero-order chi connectivity index (χ0) is 38.1. The van der Waals surface area contributed by atoms with Gasteiger partial charge in [0.25, 0.3) is 0 Å². The normalized spacial score (nSPS) is 21.6. The minimum absolute atomic E-state index is 0.00768. The molecule has 6 rings (SSSR count). The number of halogens is 9. The van der Waals surface area contributed by atoms with Crippen molar-refractivity contribution in [3.63, 3.8) is 0 Å². The van der Waals surface area contributed by atoms with Crippen molar-refractivity contribution >= 4 is 23.4 Å². The third kappa shape index (κ3) is 9.07. The van der Waals surface area contributed by atoms with Gasteiger partial charge in [0, 0.05) is 50.5 Å². The Hall–Kier alpha value is -4.35. The van der Waals surface area contributed by atoms with Crippen LogP contribution >= 0.6 is 0 Å². The van der Waals surface area contributed by atoms with Gasteiger partial charge in [0.2, 0.25) is 5.95 Å². The molecule has 3 aromatic rings. The van der Waals surface area contributed by atoms with E-state index in [4.69, 9.17) is 4.74 Å². The Balaban J connectivity index is 1.40. The zero-order valence-electron chi connectivity index (χ0n) is 28.3. The summed E-state index contributed by atoms with van der Waals surface area (Å²) < 4.78 is 131. The number of morpholine rings is 1. The van der Waals surface area contributed by atoms with Crippen molar-refractivity contribution in [2.75, 3.05) is 47.5 Å². The Morgan fingerprint density at radius 3 is 1.92 bits per heavy atom. The molecule has 0 amide bonds. The molecule has 3 fully saturated rings. The average Bonchev–Trinajstić information content (AvgIpc) is 3.60. The second-order valence-electron chi connectivity index (χ2n) is 13.7. The van der Waals surface area contributed by atoms with Crippen LogP contribution in [0, 0.1) is 11.8 Å². The summed E-state index contributed by atoms with van der Waals surface area (Å²) in [6.45, 7) is 1.28. The maximum Gasteiger partial charge on any atom is 0.417 e. The summed E-state index contributed by atoms with van der Waals surface area (Å²) in [5.74, 6) is -1.25. The number of benzene rings is 1. The molecule has 3 aliphatic rings. The minimum atomic E-state index is -5.12. The number of aromatic nitrogens is 3. The fraction of sp³-hybridized carbons (Fsp3) is 0.543. The lowest BCUT2D eigenvalue weighted by Crippen LogP contribution is -2.39. The van der Waals surface area contributed by atoms with Gasteiger partial charge >= 0.3 is 24.5 Å². The van der Waals surface area contributed by atoms with Crippen molar-refractivity contribution < 1.29 is 54.2 Å². The lowest BCUT2D eigenvalue weighted by Gasteiger charge is -2.37. The van der Waals surface area contributed by atoms with Crippen molar-refractivity contribution in [2.45, 2.75) is 76.2 Å². The van der Waals surface area contributed by atoms with Crippen molar-refractivity contribution in [3.05, 3.63) is 70.7 Å². The molecule has 0 bridgehead atoms. The highest BCUT2D eigenvalue weighted by Crippen LogP contribution is 2.41. The molecule has 288 valence electrons. The second kappa shape index (κ2) is 15.2. The third-order valence-corrected chi connectivity index (χ3v) is 10.2. The van der Waals surface area contributed by atoms with E-state index in [1.165, 1.54) is 17.3 Å². The molecule has 18 heteroatoms. The first-order chi connectivity index (χ1) is 25.0. The lowest BCUT2D eigenvalue weighted by molar-refractivity contribution is -0.144. The number of carboxylic acids is 1. The van der Waals surface area contributed by atoms with Gasteiger partial charge in [-0.25, -0.2) is 15.0 Å². The van der Waals surface area contributed by atoms with Crippen molar-refractivity contribution in [1.82, 2.24) is 15.0 Å². The van der Waals surface area contributed by atoms with Gasteiger partial charge in [0.1, 0.15) is 5.82 Å². The number of rotatable bonds is 9. The van der Waals surface area contributed by atoms with E-state index in [1.807, 2.05) is 9.80 Å². The summed E-state index contributed by atoms with van der Waals surface area (Å²) in [4.78, 5) is 29.6. The van der Waals surface area contributed by atoms with Gasteiger partial charge in [-0.1, -0.05) is 0 Å². The van der Waals surface area contributed by atoms with Crippen LogP contribution in [-0.4, -0.2) is 64.9 Å². The molecule has 0 radical (unpaired) electrons. The molecule has 53 heavy (non-hydrogen) atoms. The smallest absolute Gasteiger partial charge is 0.417 e. The maximum atomic E-state index is 14.1. The van der Waals surface area contributed by atoms with Crippen LogP contribution in [0.3, 0.4) is 0 Å². The molecule has 2 saturated heterocycles. The number of aliphatic carboxylic acids is 1. The first-order valence-corrected chi connectivity index (χ1v) is 17.2. The quantitative estimate of drug-likeness (QED) is 0.219. The molecule has 9 nitrogen and oxygen atoms in total. The summed E-state index contributed by atoms with van der Waals surface area (Å²) in [6, 6.07) is 1.87. The van der Waals surface area contributed by atoms with Gasteiger partial charge in [-0.2, -0.15) is 39.5 Å². The van der Waals surface area contributed by atoms with Crippen LogP contribution in [0.15, 0.2) is 42.9 Å². The highest BCUT2D eigenvalue weighted by atomic mass is 19.4. The molecule has 0 unspecified atom stereocenters. The number of hydrogen-bond donors (Lipinski definition) is 1. The molecule has 2 aliphatic heterocycles. The van der Waals surface area contributed by atoms with Crippen molar-refractivity contribution in [1.29, 1.82) is 0 Å². The molecule has 0 spiro atoms. The molecule has 1 aromatic carbocycles. The number of nitrogens with zero attached hydrogens (tertiary/aromatic N) is 6. The third-order valence-electron chi connectivity index (χ3n) is 10.2. The zero-order valence-corrected chi connectivity index (χ0v) is 28.3. The Labute approximate surface area is 298 Å². The first kappa shape index (κ1) is 38.4. The fourth-order valence-corrected chi connectivity index (χ4v) is 7.53. The minimum Gasteiger partial charge on any atom is -0.481 e. The SMILES string of the molecule is O=C(O)[C@H]1CC[C@H]([C@H]2CCCN2c2ncc(C(F)(F)F)cc2CN(Cc2cc(C(F)(F)F)cc(C(F)(F)F)c2)c2ncc(N3CCOCC3)cn2)CC1. The number of hydrogen-bond acceptors (Lipinski definition) is 8. The standard InChI is InChI=1S/C35H37F9N6O3/c36-33(37,38)25-12-21(13-26(15-25)34(39,40)41)19-49(32-46-17-28(18-47-32)48-8-10-53-11-9-48)20-24-14-27(35(42,43)44)16-45-30(24)50-7-1-2-29(50)22-3-5-23(6-4-22)31(51)52/h12-18,22-23,29H,1-11,19-20H2,(H,51,52)/t22-,23-,29-/m1/s1. The van der Waals surface area contributed by atoms with E-state index in [2.05, 4.69) is 15.0 Å². The number of carboxylic acid groups (broad SMARTS) is 1.